The summed E-state index contributed by atoms with van der Waals surface area (Å²) in [6.45, 7) is 4.15. The van der Waals surface area contributed by atoms with Crippen LogP contribution in [0.25, 0.3) is 0 Å². The number of ether oxygens (including phenoxy) is 1. The predicted octanol–water partition coefficient (Wildman–Crippen LogP) is 5.27. The van der Waals surface area contributed by atoms with Crippen molar-refractivity contribution in [2.45, 2.75) is 51.2 Å². The Hall–Kier alpha value is 0.580. The summed E-state index contributed by atoms with van der Waals surface area (Å²) in [5.41, 5.74) is 0. The molecule has 2 unspecified atom stereocenters. The molecular formula is C14H21Br2NOS. The summed E-state index contributed by atoms with van der Waals surface area (Å²) in [6.07, 6.45) is 6.64. The van der Waals surface area contributed by atoms with E-state index < -0.39 is 0 Å². The highest BCUT2D eigenvalue weighted by Gasteiger charge is 2.18. The normalized spacial score (nSPS) is 20.9. The first-order valence-corrected chi connectivity index (χ1v) is 9.40. The van der Waals surface area contributed by atoms with E-state index in [0.717, 1.165) is 17.6 Å². The van der Waals surface area contributed by atoms with Crippen LogP contribution in [0.5, 0.6) is 0 Å². The van der Waals surface area contributed by atoms with Crippen LogP contribution >= 0.6 is 43.2 Å². The molecule has 108 valence electrons. The van der Waals surface area contributed by atoms with Crippen molar-refractivity contribution in [1.29, 1.82) is 0 Å². The summed E-state index contributed by atoms with van der Waals surface area (Å²) in [5, 5.41) is 3.59. The standard InChI is InChI=1S/C14H21Br2NOS/c1-2-17-12(13-9-11(15)14(16)19-13)7-3-5-10-6-4-8-18-10/h9-10,12,17H,2-8H2,1H3. The zero-order valence-electron chi connectivity index (χ0n) is 11.3. The van der Waals surface area contributed by atoms with Gasteiger partial charge in [-0.15, -0.1) is 11.3 Å². The van der Waals surface area contributed by atoms with Gasteiger partial charge in [-0.2, -0.15) is 0 Å². The zero-order chi connectivity index (χ0) is 13.7. The Balaban J connectivity index is 1.84. The van der Waals surface area contributed by atoms with Crippen molar-refractivity contribution in [2.75, 3.05) is 13.2 Å². The Morgan fingerprint density at radius 3 is 2.95 bits per heavy atom. The Morgan fingerprint density at radius 2 is 2.37 bits per heavy atom. The number of rotatable bonds is 7. The molecule has 19 heavy (non-hydrogen) atoms. The lowest BCUT2D eigenvalue weighted by atomic mass is 10.0. The molecular weight excluding hydrogens is 390 g/mol. The largest absolute Gasteiger partial charge is 0.378 e. The van der Waals surface area contributed by atoms with Crippen molar-refractivity contribution in [3.63, 3.8) is 0 Å². The van der Waals surface area contributed by atoms with Crippen LogP contribution in [0, 0.1) is 0 Å². The average Bonchev–Trinajstić information content (AvgIpc) is 3.00. The maximum Gasteiger partial charge on any atom is 0.0843 e. The predicted molar refractivity (Wildman–Crippen MR) is 89.0 cm³/mol. The van der Waals surface area contributed by atoms with Gasteiger partial charge in [0.2, 0.25) is 0 Å². The van der Waals surface area contributed by atoms with Crippen LogP contribution in [-0.4, -0.2) is 19.3 Å². The molecule has 0 saturated carbocycles. The third-order valence-electron chi connectivity index (χ3n) is 3.50. The van der Waals surface area contributed by atoms with Crippen LogP contribution in [0.15, 0.2) is 14.3 Å². The highest BCUT2D eigenvalue weighted by molar-refractivity contribution is 9.13. The second kappa shape index (κ2) is 8.13. The SMILES string of the molecule is CCNC(CCCC1CCCO1)c1cc(Br)c(Br)s1. The number of halogens is 2. The van der Waals surface area contributed by atoms with Crippen LogP contribution in [0.4, 0.5) is 0 Å². The van der Waals surface area contributed by atoms with Gasteiger partial charge in [-0.3, -0.25) is 0 Å². The molecule has 1 N–H and O–H groups in total. The van der Waals surface area contributed by atoms with Gasteiger partial charge in [0.15, 0.2) is 0 Å². The monoisotopic (exact) mass is 409 g/mol. The Bertz CT molecular complexity index is 371. The average molecular weight is 411 g/mol. The first kappa shape index (κ1) is 16.0. The lowest BCUT2D eigenvalue weighted by Gasteiger charge is -2.17. The summed E-state index contributed by atoms with van der Waals surface area (Å²) in [6, 6.07) is 2.70. The molecule has 2 rings (SSSR count). The van der Waals surface area contributed by atoms with E-state index >= 15 is 0 Å². The first-order chi connectivity index (χ1) is 9.20. The van der Waals surface area contributed by atoms with Crippen LogP contribution < -0.4 is 5.32 Å². The summed E-state index contributed by atoms with van der Waals surface area (Å²) in [7, 11) is 0. The number of hydrogen-bond donors (Lipinski definition) is 1. The molecule has 0 radical (unpaired) electrons. The Kier molecular flexibility index (Phi) is 6.83. The lowest BCUT2D eigenvalue weighted by Crippen LogP contribution is -2.20. The molecule has 1 aromatic heterocycles. The zero-order valence-corrected chi connectivity index (χ0v) is 15.2. The van der Waals surface area contributed by atoms with Crippen molar-refractivity contribution in [3.8, 4) is 0 Å². The Labute approximate surface area is 136 Å². The van der Waals surface area contributed by atoms with Crippen molar-refractivity contribution in [2.24, 2.45) is 0 Å². The number of nitrogens with one attached hydrogen (secondary N) is 1. The van der Waals surface area contributed by atoms with Gasteiger partial charge < -0.3 is 10.1 Å². The van der Waals surface area contributed by atoms with Gasteiger partial charge in [-0.1, -0.05) is 6.92 Å². The van der Waals surface area contributed by atoms with E-state index in [1.54, 1.807) is 0 Å². The van der Waals surface area contributed by atoms with E-state index in [9.17, 15) is 0 Å². The van der Waals surface area contributed by atoms with Crippen molar-refractivity contribution < 1.29 is 4.74 Å². The van der Waals surface area contributed by atoms with Crippen molar-refractivity contribution >= 4 is 43.2 Å². The maximum absolute atomic E-state index is 5.69. The van der Waals surface area contributed by atoms with Gasteiger partial charge in [0.25, 0.3) is 0 Å². The van der Waals surface area contributed by atoms with Crippen molar-refractivity contribution in [3.05, 3.63) is 19.2 Å². The number of thiophene rings is 1. The summed E-state index contributed by atoms with van der Waals surface area (Å²) in [5.74, 6) is 0. The van der Waals surface area contributed by atoms with Gasteiger partial charge in [0.05, 0.1) is 9.89 Å². The van der Waals surface area contributed by atoms with E-state index in [1.165, 1.54) is 40.8 Å². The van der Waals surface area contributed by atoms with Gasteiger partial charge in [0.1, 0.15) is 0 Å². The van der Waals surface area contributed by atoms with Gasteiger partial charge in [0, 0.05) is 22.0 Å². The minimum atomic E-state index is 0.471. The maximum atomic E-state index is 5.69. The fourth-order valence-electron chi connectivity index (χ4n) is 2.55. The van der Waals surface area contributed by atoms with E-state index in [0.29, 0.717) is 12.1 Å². The molecule has 1 aliphatic rings. The topological polar surface area (TPSA) is 21.3 Å². The van der Waals surface area contributed by atoms with Crippen LogP contribution in [0.1, 0.15) is 49.9 Å². The molecule has 0 aromatic carbocycles. The van der Waals surface area contributed by atoms with Crippen molar-refractivity contribution in [1.82, 2.24) is 5.32 Å². The molecule has 2 atom stereocenters. The van der Waals surface area contributed by atoms with Gasteiger partial charge >= 0.3 is 0 Å². The number of hydrogen-bond acceptors (Lipinski definition) is 3. The molecule has 0 aliphatic carbocycles. The molecule has 1 saturated heterocycles. The third kappa shape index (κ3) is 4.81. The molecule has 2 nitrogen and oxygen atoms in total. The quantitative estimate of drug-likeness (QED) is 0.660. The minimum Gasteiger partial charge on any atom is -0.378 e. The highest BCUT2D eigenvalue weighted by atomic mass is 79.9. The molecule has 2 heterocycles. The summed E-state index contributed by atoms with van der Waals surface area (Å²) >= 11 is 8.98. The lowest BCUT2D eigenvalue weighted by molar-refractivity contribution is 0.101. The Morgan fingerprint density at radius 1 is 1.53 bits per heavy atom. The smallest absolute Gasteiger partial charge is 0.0843 e. The molecule has 0 amide bonds. The second-order valence-corrected chi connectivity index (χ2v) is 8.20. The highest BCUT2D eigenvalue weighted by Crippen LogP contribution is 2.37. The van der Waals surface area contributed by atoms with E-state index in [4.69, 9.17) is 4.74 Å². The molecule has 0 bridgehead atoms. The van der Waals surface area contributed by atoms with E-state index in [1.807, 2.05) is 11.3 Å². The van der Waals surface area contributed by atoms with Crippen LogP contribution in [0.2, 0.25) is 0 Å². The third-order valence-corrected chi connectivity index (χ3v) is 6.87. The molecule has 1 fully saturated rings. The second-order valence-electron chi connectivity index (χ2n) is 4.95. The van der Waals surface area contributed by atoms with E-state index in [2.05, 4.69) is 50.2 Å². The molecule has 0 spiro atoms. The van der Waals surface area contributed by atoms with Gasteiger partial charge in [-0.05, 0) is 76.6 Å². The summed E-state index contributed by atoms with van der Waals surface area (Å²) < 4.78 is 8.04. The first-order valence-electron chi connectivity index (χ1n) is 7.00. The fourth-order valence-corrected chi connectivity index (χ4v) is 4.75. The molecule has 1 aliphatic heterocycles. The summed E-state index contributed by atoms with van der Waals surface area (Å²) in [4.78, 5) is 1.41. The van der Waals surface area contributed by atoms with E-state index in [-0.39, 0.29) is 0 Å². The molecule has 5 heteroatoms. The minimum absolute atomic E-state index is 0.471. The van der Waals surface area contributed by atoms with Gasteiger partial charge in [-0.25, -0.2) is 0 Å². The fraction of sp³-hybridized carbons (Fsp3) is 0.714. The molecule has 1 aromatic rings. The van der Waals surface area contributed by atoms with Crippen LogP contribution in [-0.2, 0) is 4.74 Å². The van der Waals surface area contributed by atoms with Crippen LogP contribution in [0.3, 0.4) is 0 Å².